The number of benzene rings is 4. The van der Waals surface area contributed by atoms with Gasteiger partial charge < -0.3 is 20.6 Å². The van der Waals surface area contributed by atoms with E-state index < -0.39 is 128 Å². The number of phenols is 1. The fourth-order valence-electron chi connectivity index (χ4n) is 5.74. The van der Waals surface area contributed by atoms with Gasteiger partial charge in [0.05, 0.1) is 21.2 Å². The van der Waals surface area contributed by atoms with Crippen LogP contribution >= 0.6 is 0 Å². The van der Waals surface area contributed by atoms with E-state index in [9.17, 15) is 65.6 Å². The molecule has 1 aromatic heterocycles. The number of hydrogen-bond acceptors (Lipinski definition) is 19. The lowest BCUT2D eigenvalue weighted by atomic mass is 10.1. The van der Waals surface area contributed by atoms with E-state index in [2.05, 4.69) is 49.0 Å². The van der Waals surface area contributed by atoms with Gasteiger partial charge in [0.25, 0.3) is 30.4 Å². The number of amides is 1. The average molecular weight is 985 g/mol. The molecule has 4 aromatic carbocycles. The van der Waals surface area contributed by atoms with Gasteiger partial charge in [0, 0.05) is 40.5 Å². The maximum absolute atomic E-state index is 15.1. The van der Waals surface area contributed by atoms with Crippen molar-refractivity contribution in [3.05, 3.63) is 90.7 Å². The quantitative estimate of drug-likeness (QED) is 0.0490. The number of rotatable bonds is 18. The van der Waals surface area contributed by atoms with Gasteiger partial charge in [0.15, 0.2) is 25.4 Å². The van der Waals surface area contributed by atoms with Crippen molar-refractivity contribution in [2.45, 2.75) is 39.3 Å². The maximum Gasteiger partial charge on any atom is 0.315 e. The van der Waals surface area contributed by atoms with Gasteiger partial charge in [-0.15, -0.1) is 10.2 Å². The number of hydrogen-bond donors (Lipinski definition) is 6. The number of aromatic nitrogens is 3. The van der Waals surface area contributed by atoms with Crippen molar-refractivity contribution in [1.82, 2.24) is 15.0 Å². The molecule has 5 rings (SSSR count). The molecule has 23 nitrogen and oxygen atoms in total. The van der Waals surface area contributed by atoms with Crippen LogP contribution in [0.3, 0.4) is 0 Å². The second kappa shape index (κ2) is 18.4. The Morgan fingerprint density at radius 1 is 0.812 bits per heavy atom. The van der Waals surface area contributed by atoms with Crippen LogP contribution in [0, 0.1) is 6.08 Å². The Labute approximate surface area is 364 Å². The monoisotopic (exact) mass is 984 g/mol. The normalized spacial score (nSPS) is 12.6. The fourth-order valence-corrected chi connectivity index (χ4v) is 9.00. The molecule has 0 atom stereocenters. The zero-order valence-electron chi connectivity index (χ0n) is 32.6. The number of nitrogens with zero attached hydrogens (tertiary/aromatic N) is 6. The van der Waals surface area contributed by atoms with E-state index in [0.29, 0.717) is 29.0 Å². The number of anilines is 5. The molecule has 0 unspecified atom stereocenters. The molecular weight excluding hydrogens is 952 g/mol. The molecular formula is C35H33FN8O15S5. The molecule has 0 fully saturated rings. The highest BCUT2D eigenvalue weighted by Gasteiger charge is 2.27. The number of nitrogens with one attached hydrogen (secondary N) is 2. The van der Waals surface area contributed by atoms with Gasteiger partial charge in [-0.3, -0.25) is 18.5 Å². The van der Waals surface area contributed by atoms with E-state index in [-0.39, 0.29) is 35.7 Å². The summed E-state index contributed by atoms with van der Waals surface area (Å²) in [5.41, 5.74) is -2.60. The van der Waals surface area contributed by atoms with Crippen molar-refractivity contribution in [3.8, 4) is 5.75 Å². The minimum absolute atomic E-state index is 0.00762. The molecule has 29 heteroatoms. The standard InChI is InChI=1S/C35H33FN8O15S5/c1-4-44(22-9-7-10-23(18-22)61(49,50)6-3)35-40-33(36)39-34(41-35)38-26-19-24(62(51,52)53)15-20-16-28(64(57,58)59)31(32(46)30(20)26)43-42-25-17-21(12-13-27(25)63(54,55)56)37-29(45)11-8-14-60(47,48)5-2/h5-7,9-10,12-13,15-19,46H,2-4,8,11,14H2,1H3,(H,37,45)(H,51,52,53)(H,54,55,56)(H,57,58,59)(H,38,39,40,41)/b43-42-. The van der Waals surface area contributed by atoms with Crippen LogP contribution in [0.2, 0.25) is 0 Å². The zero-order valence-corrected chi connectivity index (χ0v) is 36.6. The summed E-state index contributed by atoms with van der Waals surface area (Å²) >= 11 is 0. The first-order valence-corrected chi connectivity index (χ1v) is 25.2. The molecule has 0 bridgehead atoms. The van der Waals surface area contributed by atoms with Gasteiger partial charge in [-0.25, -0.2) is 16.8 Å². The van der Waals surface area contributed by atoms with Crippen molar-refractivity contribution in [2.75, 3.05) is 27.8 Å². The zero-order chi connectivity index (χ0) is 47.6. The second-order valence-electron chi connectivity index (χ2n) is 12.9. The molecule has 0 saturated carbocycles. The van der Waals surface area contributed by atoms with Crippen molar-refractivity contribution in [3.63, 3.8) is 0 Å². The fraction of sp³-hybridized carbons (Fsp3) is 0.143. The summed E-state index contributed by atoms with van der Waals surface area (Å²) in [4.78, 5) is 21.7. The van der Waals surface area contributed by atoms with Gasteiger partial charge in [-0.2, -0.15) is 44.6 Å². The van der Waals surface area contributed by atoms with Gasteiger partial charge in [0.1, 0.15) is 21.2 Å². The summed E-state index contributed by atoms with van der Waals surface area (Å²) in [5.74, 6) is -3.58. The Kier molecular flexibility index (Phi) is 14.0. The van der Waals surface area contributed by atoms with Crippen molar-refractivity contribution < 1.29 is 70.0 Å². The van der Waals surface area contributed by atoms with E-state index in [0.717, 1.165) is 18.2 Å². The molecule has 0 aliphatic rings. The van der Waals surface area contributed by atoms with Gasteiger partial charge in [-0.1, -0.05) is 19.2 Å². The molecule has 6 N–H and O–H groups in total. The average Bonchev–Trinajstić information content (AvgIpc) is 3.19. The number of sulfone groups is 2. The highest BCUT2D eigenvalue weighted by molar-refractivity contribution is 7.94. The van der Waals surface area contributed by atoms with Gasteiger partial charge >= 0.3 is 6.08 Å². The maximum atomic E-state index is 15.1. The SMILES string of the molecule is C=CS(=O)(=O)CCCC(=O)Nc1ccc(S(=O)(=O)O)c(/N=N\c2c(S(=O)(=O)O)cc3cc(S(=O)(=O)O)cc(Nc4nc(F)nc(N(CC)c5cccc(S(=O)(=O)C=C)c5)n4)c3c2O)c1. The summed E-state index contributed by atoms with van der Waals surface area (Å²) in [6.45, 7) is 8.01. The number of carbonyl (C=O) groups is 1. The highest BCUT2D eigenvalue weighted by atomic mass is 32.2. The molecule has 64 heavy (non-hydrogen) atoms. The van der Waals surface area contributed by atoms with Crippen molar-refractivity contribution in [1.29, 1.82) is 0 Å². The van der Waals surface area contributed by atoms with E-state index >= 15 is 4.39 Å². The van der Waals surface area contributed by atoms with E-state index in [1.54, 1.807) is 6.92 Å². The molecule has 0 radical (unpaired) electrons. The Hall–Kier alpha value is -6.34. The minimum Gasteiger partial charge on any atom is -0.505 e. The van der Waals surface area contributed by atoms with Crippen LogP contribution in [0.25, 0.3) is 10.8 Å². The van der Waals surface area contributed by atoms with Crippen LogP contribution in [-0.2, 0) is 54.8 Å². The largest absolute Gasteiger partial charge is 0.505 e. The van der Waals surface area contributed by atoms with Crippen LogP contribution < -0.4 is 15.5 Å². The number of aromatic hydroxyl groups is 1. The van der Waals surface area contributed by atoms with Crippen LogP contribution in [0.4, 0.5) is 44.7 Å². The molecule has 5 aromatic rings. The Bertz CT molecular complexity index is 3350. The van der Waals surface area contributed by atoms with Crippen LogP contribution in [-0.4, -0.2) is 94.0 Å². The predicted octanol–water partition coefficient (Wildman–Crippen LogP) is 5.12. The van der Waals surface area contributed by atoms with Crippen LogP contribution in [0.15, 0.2) is 114 Å². The lowest BCUT2D eigenvalue weighted by Gasteiger charge is -2.22. The Morgan fingerprint density at radius 2 is 1.50 bits per heavy atom. The van der Waals surface area contributed by atoms with Crippen LogP contribution in [0.1, 0.15) is 19.8 Å². The summed E-state index contributed by atoms with van der Waals surface area (Å²) in [6.07, 6.45) is -1.93. The Morgan fingerprint density at radius 3 is 2.11 bits per heavy atom. The first-order valence-electron chi connectivity index (χ1n) is 17.6. The first kappa shape index (κ1) is 48.7. The van der Waals surface area contributed by atoms with Gasteiger partial charge in [-0.05, 0) is 73.3 Å². The third-order valence-electron chi connectivity index (χ3n) is 8.64. The number of fused-ring (bicyclic) bond motifs is 1. The smallest absolute Gasteiger partial charge is 0.315 e. The molecule has 0 spiro atoms. The van der Waals surface area contributed by atoms with E-state index in [1.165, 1.54) is 29.2 Å². The molecule has 1 amide bonds. The first-order chi connectivity index (χ1) is 29.7. The summed E-state index contributed by atoms with van der Waals surface area (Å²) in [5, 5.41) is 24.0. The molecule has 0 aliphatic heterocycles. The highest BCUT2D eigenvalue weighted by Crippen LogP contribution is 2.46. The van der Waals surface area contributed by atoms with Gasteiger partial charge in [0.2, 0.25) is 17.8 Å². The molecule has 0 aliphatic carbocycles. The molecule has 0 saturated heterocycles. The molecule has 340 valence electrons. The second-order valence-corrected chi connectivity index (χ2v) is 21.1. The summed E-state index contributed by atoms with van der Waals surface area (Å²) in [6, 6.07) is 9.79. The predicted molar refractivity (Wildman–Crippen MR) is 227 cm³/mol. The lowest BCUT2D eigenvalue weighted by molar-refractivity contribution is -0.116. The number of phenolic OH excluding ortho intramolecular Hbond substituents is 1. The van der Waals surface area contributed by atoms with E-state index in [4.69, 9.17) is 0 Å². The van der Waals surface area contributed by atoms with E-state index in [1.807, 2.05) is 0 Å². The Balaban J connectivity index is 1.67. The third kappa shape index (κ3) is 11.4. The van der Waals surface area contributed by atoms with Crippen molar-refractivity contribution in [2.24, 2.45) is 10.2 Å². The number of halogens is 1. The van der Waals surface area contributed by atoms with Crippen molar-refractivity contribution >= 4 is 107 Å². The lowest BCUT2D eigenvalue weighted by Crippen LogP contribution is -2.21. The molecule has 1 heterocycles. The summed E-state index contributed by atoms with van der Waals surface area (Å²) < 4.78 is 168. The van der Waals surface area contributed by atoms with Crippen LogP contribution in [0.5, 0.6) is 5.75 Å². The number of carbonyl (C=O) groups excluding carboxylic acids is 1. The summed E-state index contributed by atoms with van der Waals surface area (Å²) in [7, 11) is -23.4. The minimum atomic E-state index is -5.47. The number of azo groups is 1. The third-order valence-corrected chi connectivity index (χ3v) is 14.0. The topological polar surface area (TPSA) is 359 Å².